The molecule has 0 aromatic carbocycles. The number of amides is 2. The van der Waals surface area contributed by atoms with Crippen LogP contribution in [0, 0.1) is 0 Å². The molecule has 2 aliphatic heterocycles. The zero-order chi connectivity index (χ0) is 13.1. The van der Waals surface area contributed by atoms with Crippen LogP contribution < -0.4 is 5.32 Å². The molecule has 1 unspecified atom stereocenters. The first-order valence-corrected chi connectivity index (χ1v) is 7.16. The molecule has 18 heavy (non-hydrogen) atoms. The van der Waals surface area contributed by atoms with Crippen molar-refractivity contribution in [3.8, 4) is 0 Å². The highest BCUT2D eigenvalue weighted by atomic mass is 32.1. The van der Waals surface area contributed by atoms with Crippen molar-refractivity contribution in [3.63, 3.8) is 0 Å². The van der Waals surface area contributed by atoms with E-state index in [1.165, 1.54) is 0 Å². The summed E-state index contributed by atoms with van der Waals surface area (Å²) in [4.78, 5) is 18.3. The Hall–Kier alpha value is -1.04. The molecule has 0 aromatic heterocycles. The molecule has 0 saturated carbocycles. The highest BCUT2D eigenvalue weighted by Gasteiger charge is 2.36. The maximum atomic E-state index is 12.2. The highest BCUT2D eigenvalue weighted by Crippen LogP contribution is 2.20. The largest absolute Gasteiger partial charge is 0.363 e. The van der Waals surface area contributed by atoms with Crippen LogP contribution in [0.25, 0.3) is 0 Å². The number of nitrogens with one attached hydrogen (secondary N) is 1. The molecule has 1 N–H and O–H groups in total. The van der Waals surface area contributed by atoms with Crippen LogP contribution >= 0.6 is 12.2 Å². The third-order valence-corrected chi connectivity index (χ3v) is 4.13. The number of piperazine rings is 1. The van der Waals surface area contributed by atoms with Crippen molar-refractivity contribution < 1.29 is 4.79 Å². The minimum Gasteiger partial charge on any atom is -0.363 e. The number of carbonyl (C=O) groups is 1. The molecule has 2 aliphatic rings. The summed E-state index contributed by atoms with van der Waals surface area (Å²) in [7, 11) is 0. The summed E-state index contributed by atoms with van der Waals surface area (Å²) < 4.78 is 0. The Morgan fingerprint density at radius 3 is 2.83 bits per heavy atom. The number of carbonyl (C=O) groups excluding carboxylic acids is 1. The minimum absolute atomic E-state index is 0.197. The van der Waals surface area contributed by atoms with Gasteiger partial charge in [0.1, 0.15) is 0 Å². The Bertz CT molecular complexity index is 336. The second-order valence-corrected chi connectivity index (χ2v) is 5.17. The van der Waals surface area contributed by atoms with E-state index in [2.05, 4.69) is 10.2 Å². The molecule has 102 valence electrons. The van der Waals surface area contributed by atoms with Crippen molar-refractivity contribution in [1.82, 2.24) is 20.0 Å². The number of nitrogens with zero attached hydrogens (tertiary/aromatic N) is 3. The lowest BCUT2D eigenvalue weighted by Crippen LogP contribution is -2.63. The predicted molar refractivity (Wildman–Crippen MR) is 75.6 cm³/mol. The summed E-state index contributed by atoms with van der Waals surface area (Å²) in [5, 5.41) is 4.01. The first-order chi connectivity index (χ1) is 8.67. The fourth-order valence-corrected chi connectivity index (χ4v) is 2.99. The van der Waals surface area contributed by atoms with Crippen LogP contribution in [0.2, 0.25) is 0 Å². The Morgan fingerprint density at radius 2 is 2.17 bits per heavy atom. The van der Waals surface area contributed by atoms with E-state index in [-0.39, 0.29) is 6.03 Å². The van der Waals surface area contributed by atoms with Crippen molar-refractivity contribution in [2.24, 2.45) is 0 Å². The molecule has 5 nitrogen and oxygen atoms in total. The number of hydrogen-bond donors (Lipinski definition) is 1. The molecule has 0 bridgehead atoms. The molecule has 2 saturated heterocycles. The average molecular weight is 270 g/mol. The number of fused-ring (bicyclic) bond motifs is 1. The van der Waals surface area contributed by atoms with Crippen LogP contribution in [0.15, 0.2) is 0 Å². The summed E-state index contributed by atoms with van der Waals surface area (Å²) >= 11 is 5.34. The summed E-state index contributed by atoms with van der Waals surface area (Å²) in [6.07, 6.45) is 1.05. The second-order valence-electron chi connectivity index (χ2n) is 4.78. The molecule has 2 heterocycles. The lowest BCUT2D eigenvalue weighted by Gasteiger charge is -2.47. The molecule has 2 rings (SSSR count). The lowest BCUT2D eigenvalue weighted by molar-refractivity contribution is 0.0658. The summed E-state index contributed by atoms with van der Waals surface area (Å²) in [5.41, 5.74) is 0. The molecule has 2 amide bonds. The van der Waals surface area contributed by atoms with E-state index in [9.17, 15) is 4.79 Å². The van der Waals surface area contributed by atoms with E-state index in [0.29, 0.717) is 6.04 Å². The smallest absolute Gasteiger partial charge is 0.320 e. The van der Waals surface area contributed by atoms with Crippen LogP contribution in [-0.4, -0.2) is 71.2 Å². The van der Waals surface area contributed by atoms with Gasteiger partial charge in [0.25, 0.3) is 0 Å². The number of rotatable bonds is 2. The van der Waals surface area contributed by atoms with Gasteiger partial charge in [0.2, 0.25) is 0 Å². The van der Waals surface area contributed by atoms with Crippen LogP contribution in [-0.2, 0) is 0 Å². The first kappa shape index (κ1) is 13.4. The van der Waals surface area contributed by atoms with Crippen LogP contribution in [0.1, 0.15) is 20.3 Å². The topological polar surface area (TPSA) is 38.8 Å². The summed E-state index contributed by atoms with van der Waals surface area (Å²) in [6.45, 7) is 9.11. The Labute approximate surface area is 114 Å². The maximum Gasteiger partial charge on any atom is 0.320 e. The number of hydrogen-bond acceptors (Lipinski definition) is 2. The Kier molecular flexibility index (Phi) is 4.27. The average Bonchev–Trinajstić information content (AvgIpc) is 2.39. The third-order valence-electron chi connectivity index (χ3n) is 3.73. The third kappa shape index (κ3) is 2.53. The first-order valence-electron chi connectivity index (χ1n) is 6.75. The van der Waals surface area contributed by atoms with Gasteiger partial charge in [-0.3, -0.25) is 0 Å². The van der Waals surface area contributed by atoms with E-state index in [1.54, 1.807) is 0 Å². The molecule has 2 fully saturated rings. The minimum atomic E-state index is 0.197. The zero-order valence-corrected chi connectivity index (χ0v) is 12.0. The monoisotopic (exact) mass is 270 g/mol. The van der Waals surface area contributed by atoms with E-state index in [4.69, 9.17) is 12.2 Å². The fraction of sp³-hybridized carbons (Fsp3) is 0.833. The van der Waals surface area contributed by atoms with Gasteiger partial charge in [0.15, 0.2) is 5.11 Å². The number of urea groups is 1. The maximum absolute atomic E-state index is 12.2. The van der Waals surface area contributed by atoms with E-state index < -0.39 is 0 Å². The van der Waals surface area contributed by atoms with Gasteiger partial charge < -0.3 is 20.0 Å². The number of thiocarbonyl (C=S) groups is 1. The molecule has 1 atom stereocenters. The quantitative estimate of drug-likeness (QED) is 0.750. The van der Waals surface area contributed by atoms with Gasteiger partial charge in [-0.05, 0) is 32.5 Å². The van der Waals surface area contributed by atoms with Crippen molar-refractivity contribution in [3.05, 3.63) is 0 Å². The van der Waals surface area contributed by atoms with Crippen LogP contribution in [0.5, 0.6) is 0 Å². The molecular weight excluding hydrogens is 248 g/mol. The van der Waals surface area contributed by atoms with Gasteiger partial charge in [-0.1, -0.05) is 0 Å². The van der Waals surface area contributed by atoms with Gasteiger partial charge >= 0.3 is 6.03 Å². The van der Waals surface area contributed by atoms with Crippen LogP contribution in [0.4, 0.5) is 4.79 Å². The summed E-state index contributed by atoms with van der Waals surface area (Å²) in [5.74, 6) is 0. The second kappa shape index (κ2) is 5.73. The lowest BCUT2D eigenvalue weighted by atomic mass is 10.1. The van der Waals surface area contributed by atoms with Crippen molar-refractivity contribution in [2.75, 3.05) is 39.3 Å². The van der Waals surface area contributed by atoms with Gasteiger partial charge in [-0.15, -0.1) is 0 Å². The van der Waals surface area contributed by atoms with Crippen molar-refractivity contribution in [1.29, 1.82) is 0 Å². The van der Waals surface area contributed by atoms with Crippen molar-refractivity contribution >= 4 is 23.4 Å². The van der Waals surface area contributed by atoms with E-state index in [1.807, 2.05) is 23.6 Å². The highest BCUT2D eigenvalue weighted by molar-refractivity contribution is 7.80. The Balaban J connectivity index is 1.96. The van der Waals surface area contributed by atoms with E-state index in [0.717, 1.165) is 50.8 Å². The molecule has 0 radical (unpaired) electrons. The zero-order valence-electron chi connectivity index (χ0n) is 11.2. The van der Waals surface area contributed by atoms with Crippen molar-refractivity contribution in [2.45, 2.75) is 26.3 Å². The van der Waals surface area contributed by atoms with Gasteiger partial charge in [0.05, 0.1) is 6.04 Å². The normalized spacial score (nSPS) is 24.0. The molecule has 0 spiro atoms. The predicted octanol–water partition coefficient (Wildman–Crippen LogP) is 0.713. The summed E-state index contributed by atoms with van der Waals surface area (Å²) in [6, 6.07) is 0.522. The molecule has 0 aliphatic carbocycles. The van der Waals surface area contributed by atoms with Gasteiger partial charge in [-0.25, -0.2) is 4.79 Å². The molecule has 6 heteroatoms. The van der Waals surface area contributed by atoms with Gasteiger partial charge in [0, 0.05) is 39.3 Å². The van der Waals surface area contributed by atoms with E-state index >= 15 is 0 Å². The fourth-order valence-electron chi connectivity index (χ4n) is 2.68. The SMILES string of the molecule is CCNC(=S)N1CCN2C(=O)N(CC)CCC2C1. The molecular formula is C12H22N4OS. The van der Waals surface area contributed by atoms with Gasteiger partial charge in [-0.2, -0.15) is 0 Å². The molecule has 0 aromatic rings. The Morgan fingerprint density at radius 1 is 1.39 bits per heavy atom. The van der Waals surface area contributed by atoms with Crippen LogP contribution in [0.3, 0.4) is 0 Å². The standard InChI is InChI=1S/C12H22N4OS/c1-3-13-11(18)15-7-8-16-10(9-15)5-6-14(4-2)12(16)17/h10H,3-9H2,1-2H3,(H,13,18).